The van der Waals surface area contributed by atoms with E-state index in [1.165, 1.54) is 0 Å². The molecule has 48 heavy (non-hydrogen) atoms. The van der Waals surface area contributed by atoms with E-state index in [0.29, 0.717) is 84.5 Å². The number of hydrogen-bond donors (Lipinski definition) is 4. The van der Waals surface area contributed by atoms with Crippen molar-refractivity contribution in [2.75, 3.05) is 43.1 Å². The molecule has 3 aromatic rings. The third-order valence-electron chi connectivity index (χ3n) is 8.04. The topological polar surface area (TPSA) is 134 Å². The van der Waals surface area contributed by atoms with Crippen LogP contribution < -0.4 is 21.3 Å². The van der Waals surface area contributed by atoms with Gasteiger partial charge in [0.05, 0.1) is 17.1 Å². The molecule has 12 heteroatoms. The van der Waals surface area contributed by atoms with E-state index in [-0.39, 0.29) is 17.7 Å². The number of nitrogens with one attached hydrogen (secondary N) is 4. The van der Waals surface area contributed by atoms with Gasteiger partial charge in [-0.1, -0.05) is 41.5 Å². The molecule has 0 aliphatic rings. The zero-order chi connectivity index (χ0) is 35.4. The molecule has 0 aromatic carbocycles. The number of carbonyl (C=O) groups excluding carboxylic acids is 4. The predicted octanol–water partition coefficient (Wildman–Crippen LogP) is 5.98. The molecule has 0 aliphatic carbocycles. The lowest BCUT2D eigenvalue weighted by molar-refractivity contribution is -0.105. The van der Waals surface area contributed by atoms with Crippen molar-refractivity contribution in [3.05, 3.63) is 53.9 Å². The fourth-order valence-corrected chi connectivity index (χ4v) is 5.21. The summed E-state index contributed by atoms with van der Waals surface area (Å²) in [6.45, 7) is 16.0. The number of carbonyl (C=O) groups is 4. The molecule has 12 nitrogen and oxygen atoms in total. The van der Waals surface area contributed by atoms with E-state index in [0.717, 1.165) is 32.2 Å². The van der Waals surface area contributed by atoms with Crippen molar-refractivity contribution in [3.8, 4) is 0 Å². The summed E-state index contributed by atoms with van der Waals surface area (Å²) in [5.74, 6) is 0.443. The van der Waals surface area contributed by atoms with Crippen LogP contribution in [0, 0.1) is 17.8 Å². The molecule has 0 fully saturated rings. The molecule has 4 amide bonds. The number of rotatable bonds is 20. The minimum atomic E-state index is -0.339. The van der Waals surface area contributed by atoms with Crippen LogP contribution in [0.3, 0.4) is 0 Å². The Kier molecular flexibility index (Phi) is 14.5. The molecular formula is C36H56N8O4. The number of aryl methyl sites for hydroxylation is 3. The third-order valence-corrected chi connectivity index (χ3v) is 8.04. The van der Waals surface area contributed by atoms with E-state index in [2.05, 4.69) is 67.7 Å². The monoisotopic (exact) mass is 664 g/mol. The van der Waals surface area contributed by atoms with Gasteiger partial charge in [0.25, 0.3) is 17.7 Å². The summed E-state index contributed by atoms with van der Waals surface area (Å²) >= 11 is 0. The highest BCUT2D eigenvalue weighted by Gasteiger charge is 2.21. The zero-order valence-electron chi connectivity index (χ0n) is 30.1. The first kappa shape index (κ1) is 38.1. The van der Waals surface area contributed by atoms with Crippen molar-refractivity contribution in [3.63, 3.8) is 0 Å². The standard InChI is InChI=1S/C36H56N8O4/c1-25(2)10-15-42-21-28(38-24-45)18-32(42)35(47)40-30-20-33(44(23-30)17-12-27(5)6)36(48)39-29-19-31(43(22-29)16-11-26(3)4)34(46)37-13-9-14-41(7)8/h18-27H,9-17H2,1-8H3,(H,37,46)(H,38,45)(H,39,48)(H,40,47). The van der Waals surface area contributed by atoms with Crippen molar-refractivity contribution in [1.29, 1.82) is 0 Å². The number of amides is 4. The Morgan fingerprint density at radius 2 is 1.06 bits per heavy atom. The number of hydrogen-bond acceptors (Lipinski definition) is 5. The van der Waals surface area contributed by atoms with Crippen LogP contribution in [0.4, 0.5) is 17.1 Å². The third kappa shape index (κ3) is 11.7. The molecule has 3 heterocycles. The van der Waals surface area contributed by atoms with E-state index in [9.17, 15) is 19.2 Å². The van der Waals surface area contributed by atoms with E-state index in [1.54, 1.807) is 30.6 Å². The second kappa shape index (κ2) is 18.3. The average molecular weight is 665 g/mol. The van der Waals surface area contributed by atoms with Crippen LogP contribution in [0.2, 0.25) is 0 Å². The Balaban J connectivity index is 1.85. The smallest absolute Gasteiger partial charge is 0.272 e. The first-order valence-electron chi connectivity index (χ1n) is 17.1. The van der Waals surface area contributed by atoms with Crippen LogP contribution in [0.25, 0.3) is 0 Å². The van der Waals surface area contributed by atoms with E-state index >= 15 is 0 Å². The molecule has 0 unspecified atom stereocenters. The van der Waals surface area contributed by atoms with Gasteiger partial charge in [-0.3, -0.25) is 19.2 Å². The maximum absolute atomic E-state index is 13.8. The largest absolute Gasteiger partial charge is 0.351 e. The minimum Gasteiger partial charge on any atom is -0.351 e. The van der Waals surface area contributed by atoms with Crippen molar-refractivity contribution >= 4 is 41.2 Å². The predicted molar refractivity (Wildman–Crippen MR) is 193 cm³/mol. The van der Waals surface area contributed by atoms with Crippen LogP contribution in [-0.2, 0) is 24.4 Å². The highest BCUT2D eigenvalue weighted by Crippen LogP contribution is 2.23. The SMILES string of the molecule is CC(C)CCn1cc(NC(=O)c2cc(NC(=O)c3cc(NC=O)cn3CCC(C)C)cn2CCC(C)C)cc1C(=O)NCCCN(C)C. The fourth-order valence-electron chi connectivity index (χ4n) is 5.21. The highest BCUT2D eigenvalue weighted by molar-refractivity contribution is 6.07. The van der Waals surface area contributed by atoms with Crippen LogP contribution >= 0.6 is 0 Å². The summed E-state index contributed by atoms with van der Waals surface area (Å²) in [6, 6.07) is 5.04. The van der Waals surface area contributed by atoms with Gasteiger partial charge in [-0.15, -0.1) is 0 Å². The maximum atomic E-state index is 13.8. The van der Waals surface area contributed by atoms with Crippen molar-refractivity contribution in [2.24, 2.45) is 17.8 Å². The molecule has 264 valence electrons. The van der Waals surface area contributed by atoms with Gasteiger partial charge in [0, 0.05) is 44.8 Å². The zero-order valence-corrected chi connectivity index (χ0v) is 30.1. The van der Waals surface area contributed by atoms with Gasteiger partial charge in [-0.05, 0) is 82.3 Å². The molecule has 0 saturated heterocycles. The van der Waals surface area contributed by atoms with Crippen molar-refractivity contribution < 1.29 is 19.2 Å². The molecule has 0 radical (unpaired) electrons. The number of aromatic nitrogens is 3. The summed E-state index contributed by atoms with van der Waals surface area (Å²) < 4.78 is 5.60. The fraction of sp³-hybridized carbons (Fsp3) is 0.556. The lowest BCUT2D eigenvalue weighted by Gasteiger charge is -2.12. The van der Waals surface area contributed by atoms with Gasteiger partial charge in [0.15, 0.2) is 0 Å². The van der Waals surface area contributed by atoms with E-state index in [4.69, 9.17) is 0 Å². The normalized spacial score (nSPS) is 11.5. The van der Waals surface area contributed by atoms with Gasteiger partial charge in [-0.25, -0.2) is 0 Å². The summed E-state index contributed by atoms with van der Waals surface area (Å²) in [5.41, 5.74) is 2.87. The lowest BCUT2D eigenvalue weighted by Crippen LogP contribution is -2.28. The minimum absolute atomic E-state index is 0.173. The summed E-state index contributed by atoms with van der Waals surface area (Å²) in [5, 5.41) is 11.6. The highest BCUT2D eigenvalue weighted by atomic mass is 16.2. The summed E-state index contributed by atoms with van der Waals surface area (Å²) in [4.78, 5) is 53.5. The van der Waals surface area contributed by atoms with E-state index < -0.39 is 0 Å². The molecule has 0 aliphatic heterocycles. The van der Waals surface area contributed by atoms with Crippen LogP contribution in [0.5, 0.6) is 0 Å². The number of anilines is 3. The molecule has 3 rings (SSSR count). The van der Waals surface area contributed by atoms with Crippen molar-refractivity contribution in [1.82, 2.24) is 23.9 Å². The molecule has 0 saturated carbocycles. The van der Waals surface area contributed by atoms with Crippen LogP contribution in [-0.4, -0.2) is 69.9 Å². The molecule has 0 atom stereocenters. The molecule has 3 aromatic heterocycles. The number of nitrogens with zero attached hydrogens (tertiary/aromatic N) is 4. The lowest BCUT2D eigenvalue weighted by atomic mass is 10.1. The molecule has 4 N–H and O–H groups in total. The Bertz CT molecular complexity index is 1510. The van der Waals surface area contributed by atoms with Gasteiger partial charge >= 0.3 is 0 Å². The average Bonchev–Trinajstić information content (AvgIpc) is 3.73. The van der Waals surface area contributed by atoms with Gasteiger partial charge in [0.1, 0.15) is 17.1 Å². The second-order valence-electron chi connectivity index (χ2n) is 14.1. The second-order valence-corrected chi connectivity index (χ2v) is 14.1. The molecule has 0 bridgehead atoms. The van der Waals surface area contributed by atoms with E-state index in [1.807, 2.05) is 34.0 Å². The molecule has 0 spiro atoms. The first-order valence-corrected chi connectivity index (χ1v) is 17.1. The van der Waals surface area contributed by atoms with Gasteiger partial charge in [-0.2, -0.15) is 0 Å². The van der Waals surface area contributed by atoms with Crippen LogP contribution in [0.1, 0.15) is 98.7 Å². The Morgan fingerprint density at radius 1 is 0.667 bits per heavy atom. The Labute approximate surface area is 285 Å². The summed E-state index contributed by atoms with van der Waals surface area (Å²) in [6.07, 6.45) is 9.36. The maximum Gasteiger partial charge on any atom is 0.272 e. The van der Waals surface area contributed by atoms with Gasteiger partial charge in [0.2, 0.25) is 6.41 Å². The Hall–Kier alpha value is -4.32. The quantitative estimate of drug-likeness (QED) is 0.0871. The van der Waals surface area contributed by atoms with Crippen LogP contribution in [0.15, 0.2) is 36.8 Å². The van der Waals surface area contributed by atoms with Crippen molar-refractivity contribution in [2.45, 2.75) is 86.9 Å². The van der Waals surface area contributed by atoms with Gasteiger partial charge < -0.3 is 39.9 Å². The first-order chi connectivity index (χ1) is 22.8. The molecular weight excluding hydrogens is 608 g/mol. The summed E-state index contributed by atoms with van der Waals surface area (Å²) in [7, 11) is 4.00. The Morgan fingerprint density at radius 3 is 1.46 bits per heavy atom.